The summed E-state index contributed by atoms with van der Waals surface area (Å²) >= 11 is 0. The molecule has 1 amide bonds. The van der Waals surface area contributed by atoms with Gasteiger partial charge in [0, 0.05) is 45.8 Å². The fraction of sp³-hybridized carbons (Fsp3) is 0.857. The lowest BCUT2D eigenvalue weighted by Crippen LogP contribution is -2.56. The number of hydrogen-bond donors (Lipinski definition) is 1. The third-order valence-electron chi connectivity index (χ3n) is 4.28. The van der Waals surface area contributed by atoms with Gasteiger partial charge in [-0.1, -0.05) is 0 Å². The van der Waals surface area contributed by atoms with Crippen molar-refractivity contribution < 1.29 is 4.79 Å². The predicted molar refractivity (Wildman–Crippen MR) is 96.0 cm³/mol. The second-order valence-electron chi connectivity index (χ2n) is 5.56. The standard InChI is InChI=1S/C14H27N5O.HI/c1-3-16-14(15)19-10-8-17(9-11-19)12(2)13(20)18-6-4-5-7-18;/h12H,3-11H2,1-2H3,(H2,15,16);1H. The Balaban J connectivity index is 0.00000220. The Morgan fingerprint density at radius 3 is 2.19 bits per heavy atom. The second-order valence-corrected chi connectivity index (χ2v) is 5.56. The maximum Gasteiger partial charge on any atom is 0.239 e. The van der Waals surface area contributed by atoms with Crippen LogP contribution in [0.25, 0.3) is 0 Å². The fourth-order valence-electron chi connectivity index (χ4n) is 2.96. The number of carbonyl (C=O) groups excluding carboxylic acids is 1. The first-order valence-electron chi connectivity index (χ1n) is 7.71. The molecule has 2 N–H and O–H groups in total. The van der Waals surface area contributed by atoms with Crippen molar-refractivity contribution >= 4 is 35.8 Å². The van der Waals surface area contributed by atoms with Crippen molar-refractivity contribution in [2.75, 3.05) is 45.8 Å². The Morgan fingerprint density at radius 2 is 1.67 bits per heavy atom. The van der Waals surface area contributed by atoms with Gasteiger partial charge in [0.1, 0.15) is 0 Å². The lowest BCUT2D eigenvalue weighted by molar-refractivity contribution is -0.135. The van der Waals surface area contributed by atoms with Crippen LogP contribution in [0.4, 0.5) is 0 Å². The van der Waals surface area contributed by atoms with E-state index in [0.29, 0.717) is 5.96 Å². The van der Waals surface area contributed by atoms with E-state index in [4.69, 9.17) is 5.73 Å². The maximum atomic E-state index is 12.4. The van der Waals surface area contributed by atoms with Crippen LogP contribution in [-0.4, -0.2) is 78.4 Å². The summed E-state index contributed by atoms with van der Waals surface area (Å²) in [6.45, 7) is 10.1. The van der Waals surface area contributed by atoms with Crippen molar-refractivity contribution in [3.05, 3.63) is 0 Å². The highest BCUT2D eigenvalue weighted by atomic mass is 127. The van der Waals surface area contributed by atoms with Crippen molar-refractivity contribution in [1.29, 1.82) is 0 Å². The normalized spacial score (nSPS) is 22.1. The van der Waals surface area contributed by atoms with Crippen LogP contribution in [-0.2, 0) is 4.79 Å². The monoisotopic (exact) mass is 409 g/mol. The summed E-state index contributed by atoms with van der Waals surface area (Å²) in [6, 6.07) is -0.0143. The molecule has 7 heteroatoms. The zero-order valence-electron chi connectivity index (χ0n) is 13.1. The fourth-order valence-corrected chi connectivity index (χ4v) is 2.96. The van der Waals surface area contributed by atoms with E-state index in [1.165, 1.54) is 0 Å². The van der Waals surface area contributed by atoms with E-state index in [2.05, 4.69) is 14.8 Å². The first kappa shape index (κ1) is 18.5. The number of piperazine rings is 1. The van der Waals surface area contributed by atoms with Crippen molar-refractivity contribution in [2.45, 2.75) is 32.7 Å². The maximum absolute atomic E-state index is 12.4. The van der Waals surface area contributed by atoms with Crippen LogP contribution in [0.5, 0.6) is 0 Å². The van der Waals surface area contributed by atoms with Gasteiger partial charge in [-0.15, -0.1) is 24.0 Å². The quantitative estimate of drug-likeness (QED) is 0.421. The Labute approximate surface area is 144 Å². The zero-order valence-corrected chi connectivity index (χ0v) is 15.5. The highest BCUT2D eigenvalue weighted by Crippen LogP contribution is 2.13. The highest BCUT2D eigenvalue weighted by molar-refractivity contribution is 14.0. The Bertz CT molecular complexity index is 362. The van der Waals surface area contributed by atoms with E-state index >= 15 is 0 Å². The van der Waals surface area contributed by atoms with E-state index in [1.54, 1.807) is 0 Å². The van der Waals surface area contributed by atoms with E-state index in [-0.39, 0.29) is 35.9 Å². The average Bonchev–Trinajstić information content (AvgIpc) is 3.00. The zero-order chi connectivity index (χ0) is 14.5. The molecule has 2 aliphatic heterocycles. The average molecular weight is 409 g/mol. The number of carbonyl (C=O) groups is 1. The summed E-state index contributed by atoms with van der Waals surface area (Å²) in [7, 11) is 0. The number of amides is 1. The molecule has 2 aliphatic rings. The van der Waals surface area contributed by atoms with E-state index < -0.39 is 0 Å². The molecule has 2 heterocycles. The smallest absolute Gasteiger partial charge is 0.239 e. The summed E-state index contributed by atoms with van der Waals surface area (Å²) in [5.74, 6) is 0.914. The van der Waals surface area contributed by atoms with Gasteiger partial charge in [-0.3, -0.25) is 14.7 Å². The molecule has 0 radical (unpaired) electrons. The lowest BCUT2D eigenvalue weighted by Gasteiger charge is -2.38. The van der Waals surface area contributed by atoms with E-state index in [1.807, 2.05) is 18.7 Å². The summed E-state index contributed by atoms with van der Waals surface area (Å²) in [6.07, 6.45) is 2.30. The van der Waals surface area contributed by atoms with Crippen LogP contribution in [0.2, 0.25) is 0 Å². The van der Waals surface area contributed by atoms with Gasteiger partial charge in [-0.25, -0.2) is 0 Å². The van der Waals surface area contributed by atoms with Gasteiger partial charge in [0.15, 0.2) is 5.96 Å². The molecule has 1 unspecified atom stereocenters. The molecular weight excluding hydrogens is 381 g/mol. The van der Waals surface area contributed by atoms with Crippen LogP contribution < -0.4 is 5.73 Å². The second kappa shape index (κ2) is 8.77. The van der Waals surface area contributed by atoms with Gasteiger partial charge in [0.05, 0.1) is 6.04 Å². The molecule has 122 valence electrons. The predicted octanol–water partition coefficient (Wildman–Crippen LogP) is 0.568. The molecule has 2 saturated heterocycles. The van der Waals surface area contributed by atoms with Crippen LogP contribution in [0.1, 0.15) is 26.7 Å². The van der Waals surface area contributed by atoms with Crippen molar-refractivity contribution in [2.24, 2.45) is 10.7 Å². The molecule has 0 aromatic carbocycles. The van der Waals surface area contributed by atoms with Gasteiger partial charge in [0.25, 0.3) is 0 Å². The SMILES string of the molecule is CCN=C(N)N1CCN(C(C)C(=O)N2CCCC2)CC1.I. The summed E-state index contributed by atoms with van der Waals surface area (Å²) < 4.78 is 0. The first-order chi connectivity index (χ1) is 9.63. The molecule has 2 fully saturated rings. The van der Waals surface area contributed by atoms with Gasteiger partial charge in [-0.05, 0) is 26.7 Å². The molecule has 0 spiro atoms. The lowest BCUT2D eigenvalue weighted by atomic mass is 10.2. The van der Waals surface area contributed by atoms with Gasteiger partial charge in [-0.2, -0.15) is 0 Å². The number of nitrogens with two attached hydrogens (primary N) is 1. The number of rotatable bonds is 3. The summed E-state index contributed by atoms with van der Waals surface area (Å²) in [4.78, 5) is 23.0. The number of halogens is 1. The number of hydrogen-bond acceptors (Lipinski definition) is 3. The third-order valence-corrected chi connectivity index (χ3v) is 4.28. The van der Waals surface area contributed by atoms with Crippen LogP contribution in [0, 0.1) is 0 Å². The molecule has 2 rings (SSSR count). The number of guanidine groups is 1. The van der Waals surface area contributed by atoms with E-state index in [0.717, 1.165) is 58.7 Å². The van der Waals surface area contributed by atoms with Gasteiger partial charge in [0.2, 0.25) is 5.91 Å². The topological polar surface area (TPSA) is 65.2 Å². The van der Waals surface area contributed by atoms with Gasteiger partial charge >= 0.3 is 0 Å². The molecule has 6 nitrogen and oxygen atoms in total. The van der Waals surface area contributed by atoms with Crippen LogP contribution >= 0.6 is 24.0 Å². The Morgan fingerprint density at radius 1 is 1.10 bits per heavy atom. The van der Waals surface area contributed by atoms with Gasteiger partial charge < -0.3 is 15.5 Å². The summed E-state index contributed by atoms with van der Waals surface area (Å²) in [5, 5.41) is 0. The van der Waals surface area contributed by atoms with E-state index in [9.17, 15) is 4.79 Å². The molecular formula is C14H28IN5O. The molecule has 21 heavy (non-hydrogen) atoms. The minimum absolute atomic E-state index is 0. The largest absolute Gasteiger partial charge is 0.370 e. The van der Waals surface area contributed by atoms with Crippen molar-refractivity contribution in [1.82, 2.24) is 14.7 Å². The highest BCUT2D eigenvalue weighted by Gasteiger charge is 2.30. The number of aliphatic imine (C=N–C) groups is 1. The molecule has 0 bridgehead atoms. The molecule has 1 atom stereocenters. The molecule has 0 aliphatic carbocycles. The van der Waals surface area contributed by atoms with Crippen LogP contribution in [0.15, 0.2) is 4.99 Å². The van der Waals surface area contributed by atoms with Crippen molar-refractivity contribution in [3.63, 3.8) is 0 Å². The molecule has 0 aromatic heterocycles. The molecule has 0 saturated carbocycles. The Hall–Kier alpha value is -0.570. The summed E-state index contributed by atoms with van der Waals surface area (Å²) in [5.41, 5.74) is 5.92. The van der Waals surface area contributed by atoms with Crippen molar-refractivity contribution in [3.8, 4) is 0 Å². The number of nitrogens with zero attached hydrogens (tertiary/aromatic N) is 4. The Kier molecular flexibility index (Phi) is 7.72. The minimum Gasteiger partial charge on any atom is -0.370 e. The minimum atomic E-state index is -0.0143. The third kappa shape index (κ3) is 4.70. The van der Waals surface area contributed by atoms with Crippen LogP contribution in [0.3, 0.4) is 0 Å². The first-order valence-corrected chi connectivity index (χ1v) is 7.71. The molecule has 0 aromatic rings. The number of likely N-dealkylation sites (tertiary alicyclic amines) is 1.